The van der Waals surface area contributed by atoms with Gasteiger partial charge in [-0.2, -0.15) is 0 Å². The van der Waals surface area contributed by atoms with Crippen molar-refractivity contribution < 1.29 is 102 Å². The quantitative estimate of drug-likeness (QED) is 0.378. The van der Waals surface area contributed by atoms with Gasteiger partial charge in [-0.15, -0.1) is 0 Å². The standard InChI is InChI=1S/Pd.Pr.Pt.Ru. The molecule has 0 aliphatic carbocycles. The molecule has 0 heterocycles. The molecule has 0 fully saturated rings. The van der Waals surface area contributed by atoms with Crippen LogP contribution in [0.15, 0.2) is 0 Å². The predicted octanol–water partition coefficient (Wildman–Crippen LogP) is -0.00750. The molecule has 0 saturated carbocycles. The van der Waals surface area contributed by atoms with E-state index in [1.807, 2.05) is 0 Å². The predicted molar refractivity (Wildman–Crippen MR) is 0 cm³/mol. The first-order valence-corrected chi connectivity index (χ1v) is 0. The summed E-state index contributed by atoms with van der Waals surface area (Å²) >= 11 is 0. The van der Waals surface area contributed by atoms with Crippen LogP contribution in [0.2, 0.25) is 0 Å². The zero-order valence-electron chi connectivity index (χ0n) is 1.56. The van der Waals surface area contributed by atoms with E-state index in [4.69, 9.17) is 0 Å². The summed E-state index contributed by atoms with van der Waals surface area (Å²) in [6, 6.07) is 0. The van der Waals surface area contributed by atoms with Gasteiger partial charge >= 0.3 is 0 Å². The second-order valence-corrected chi connectivity index (χ2v) is 0. The summed E-state index contributed by atoms with van der Waals surface area (Å²) in [5, 5.41) is 0. The van der Waals surface area contributed by atoms with Gasteiger partial charge in [0.25, 0.3) is 0 Å². The monoisotopic (exact) mass is 544 g/mol. The van der Waals surface area contributed by atoms with E-state index in [0.29, 0.717) is 0 Å². The molecule has 4 heavy (non-hydrogen) atoms. The SMILES string of the molecule is [Pd].[Pr].[Pt].[Ru]. The van der Waals surface area contributed by atoms with Crippen LogP contribution in [0.1, 0.15) is 0 Å². The smallest absolute Gasteiger partial charge is 0 e. The van der Waals surface area contributed by atoms with Gasteiger partial charge in [0.05, 0.1) is 0 Å². The second kappa shape index (κ2) is 16.2. The fraction of sp³-hybridized carbons (Fsp3) is 0. The van der Waals surface area contributed by atoms with Crippen LogP contribution < -0.4 is 0 Å². The maximum atomic E-state index is 0. The molecule has 1 radical (unpaired) electrons. The van der Waals surface area contributed by atoms with Crippen molar-refractivity contribution in [1.82, 2.24) is 0 Å². The minimum Gasteiger partial charge on any atom is 0 e. The molecule has 4 heteroatoms. The zero-order valence-corrected chi connectivity index (χ0v) is 10.8. The molecule has 0 aliphatic heterocycles. The molecule has 0 spiro atoms. The van der Waals surface area contributed by atoms with Gasteiger partial charge in [0, 0.05) is 102 Å². The van der Waals surface area contributed by atoms with E-state index in [9.17, 15) is 0 Å². The molecule has 0 N–H and O–H groups in total. The molecule has 0 rings (SSSR count). The van der Waals surface area contributed by atoms with Crippen molar-refractivity contribution in [2.75, 3.05) is 0 Å². The van der Waals surface area contributed by atoms with E-state index < -0.39 is 0 Å². The third-order valence-electron chi connectivity index (χ3n) is 0. The Bertz CT molecular complexity index is 8.00. The minimum absolute atomic E-state index is 0. The molecule has 0 aromatic rings. The van der Waals surface area contributed by atoms with Crippen molar-refractivity contribution in [3.63, 3.8) is 0 Å². The molecule has 0 saturated heterocycles. The van der Waals surface area contributed by atoms with E-state index in [1.165, 1.54) is 0 Å². The van der Waals surface area contributed by atoms with Gasteiger partial charge in [-0.1, -0.05) is 0 Å². The van der Waals surface area contributed by atoms with Crippen LogP contribution in [0.25, 0.3) is 0 Å². The molecule has 31 valence electrons. The molecule has 0 aliphatic rings. The average Bonchev–Trinajstić information content (AvgIpc) is 0. The molecule has 0 nitrogen and oxygen atoms in total. The fourth-order valence-electron chi connectivity index (χ4n) is 0. The van der Waals surface area contributed by atoms with E-state index in [0.717, 1.165) is 0 Å². The third-order valence-corrected chi connectivity index (χ3v) is 0. The van der Waals surface area contributed by atoms with Gasteiger partial charge in [-0.25, -0.2) is 0 Å². The van der Waals surface area contributed by atoms with E-state index in [2.05, 4.69) is 0 Å². The minimum atomic E-state index is 0. The first-order valence-electron chi connectivity index (χ1n) is 0. The Kier molecular flexibility index (Phi) is 107. The van der Waals surface area contributed by atoms with Crippen molar-refractivity contribution in [2.24, 2.45) is 0 Å². The Labute approximate surface area is 99.9 Å². The molecule has 0 unspecified atom stereocenters. The summed E-state index contributed by atoms with van der Waals surface area (Å²) < 4.78 is 0. The van der Waals surface area contributed by atoms with Crippen LogP contribution in [0.5, 0.6) is 0 Å². The maximum Gasteiger partial charge on any atom is 0 e. The summed E-state index contributed by atoms with van der Waals surface area (Å²) in [5.74, 6) is 0. The normalized spacial score (nSPS) is 0. The Balaban J connectivity index is 0. The van der Waals surface area contributed by atoms with E-state index in [-0.39, 0.29) is 102 Å². The first-order chi connectivity index (χ1) is 0. The fourth-order valence-corrected chi connectivity index (χ4v) is 0. The average molecular weight is 543 g/mol. The topological polar surface area (TPSA) is 0 Å². The van der Waals surface area contributed by atoms with Gasteiger partial charge in [0.1, 0.15) is 0 Å². The Morgan fingerprint density at radius 3 is 1.00 bits per heavy atom. The van der Waals surface area contributed by atoms with Crippen LogP contribution >= 0.6 is 0 Å². The number of rotatable bonds is 0. The van der Waals surface area contributed by atoms with Crippen LogP contribution in [0, 0.1) is 41.3 Å². The number of hydrogen-bond acceptors (Lipinski definition) is 0. The van der Waals surface area contributed by atoms with Crippen LogP contribution in [-0.4, -0.2) is 0 Å². The molecule has 0 amide bonds. The second-order valence-electron chi connectivity index (χ2n) is 0. The summed E-state index contributed by atoms with van der Waals surface area (Å²) in [4.78, 5) is 0. The van der Waals surface area contributed by atoms with Crippen LogP contribution in [0.3, 0.4) is 0 Å². The van der Waals surface area contributed by atoms with E-state index in [1.54, 1.807) is 0 Å². The molecular weight excluding hydrogens is 543 g/mol. The van der Waals surface area contributed by atoms with E-state index >= 15 is 0 Å². The molecule has 0 bridgehead atoms. The largest absolute Gasteiger partial charge is 0 e. The van der Waals surface area contributed by atoms with Crippen LogP contribution in [-0.2, 0) is 61.0 Å². The third kappa shape index (κ3) is 9.02. The zero-order chi connectivity index (χ0) is 0. The maximum absolute atomic E-state index is 0. The van der Waals surface area contributed by atoms with Crippen molar-refractivity contribution >= 4 is 0 Å². The Morgan fingerprint density at radius 1 is 1.00 bits per heavy atom. The first kappa shape index (κ1) is 26.5. The van der Waals surface area contributed by atoms with Crippen molar-refractivity contribution in [3.8, 4) is 0 Å². The Morgan fingerprint density at radius 2 is 1.00 bits per heavy atom. The summed E-state index contributed by atoms with van der Waals surface area (Å²) in [6.45, 7) is 0. The Hall–Kier alpha value is 3.34. The molecular formula is PdPrPtRu. The molecule has 0 aromatic carbocycles. The van der Waals surface area contributed by atoms with Gasteiger partial charge in [-0.3, -0.25) is 0 Å². The van der Waals surface area contributed by atoms with Crippen molar-refractivity contribution in [2.45, 2.75) is 0 Å². The van der Waals surface area contributed by atoms with Crippen molar-refractivity contribution in [1.29, 1.82) is 0 Å². The van der Waals surface area contributed by atoms with Gasteiger partial charge in [0.2, 0.25) is 0 Å². The molecule has 0 aromatic heterocycles. The number of hydrogen-bond donors (Lipinski definition) is 0. The van der Waals surface area contributed by atoms with Crippen molar-refractivity contribution in [3.05, 3.63) is 0 Å². The van der Waals surface area contributed by atoms with Crippen LogP contribution in [0.4, 0.5) is 0 Å². The van der Waals surface area contributed by atoms with Gasteiger partial charge in [0.15, 0.2) is 0 Å². The summed E-state index contributed by atoms with van der Waals surface area (Å²) in [5.41, 5.74) is 0. The summed E-state index contributed by atoms with van der Waals surface area (Å²) in [6.07, 6.45) is 0. The summed E-state index contributed by atoms with van der Waals surface area (Å²) in [7, 11) is 0. The van der Waals surface area contributed by atoms with Gasteiger partial charge in [-0.05, 0) is 0 Å². The van der Waals surface area contributed by atoms with Gasteiger partial charge < -0.3 is 0 Å². The molecule has 0 atom stereocenters.